The van der Waals surface area contributed by atoms with Crippen molar-refractivity contribution in [3.8, 4) is 0 Å². The minimum atomic E-state index is 0.541. The first-order valence-corrected chi connectivity index (χ1v) is 8.21. The third-order valence-electron chi connectivity index (χ3n) is 4.05. The van der Waals surface area contributed by atoms with E-state index in [1.54, 1.807) is 5.56 Å². The number of fused-ring (bicyclic) bond motifs is 1. The van der Waals surface area contributed by atoms with Crippen molar-refractivity contribution >= 4 is 17.2 Å². The molecule has 0 saturated carbocycles. The number of aryl methyl sites for hydroxylation is 2. The Labute approximate surface area is 128 Å². The van der Waals surface area contributed by atoms with Crippen LogP contribution in [0.15, 0.2) is 18.2 Å². The molecule has 3 heteroatoms. The fourth-order valence-corrected chi connectivity index (χ4v) is 3.01. The number of rotatable bonds is 6. The first kappa shape index (κ1) is 15.5. The summed E-state index contributed by atoms with van der Waals surface area (Å²) in [4.78, 5) is 0.889. The molecule has 1 unspecified atom stereocenters. The lowest BCUT2D eigenvalue weighted by atomic mass is 9.86. The summed E-state index contributed by atoms with van der Waals surface area (Å²) in [6.07, 6.45) is 6.04. The smallest absolute Gasteiger partial charge is 0.0721 e. The van der Waals surface area contributed by atoms with Crippen LogP contribution in [0.25, 0.3) is 0 Å². The molecular weight excluding hydrogens is 264 g/mol. The highest BCUT2D eigenvalue weighted by atomic mass is 32.1. The van der Waals surface area contributed by atoms with E-state index in [0.717, 1.165) is 30.9 Å². The highest BCUT2D eigenvalue weighted by molar-refractivity contribution is 7.80. The zero-order valence-corrected chi connectivity index (χ0v) is 13.5. The van der Waals surface area contributed by atoms with Crippen LogP contribution in [0.3, 0.4) is 0 Å². The summed E-state index contributed by atoms with van der Waals surface area (Å²) in [5.41, 5.74) is 4.53. The van der Waals surface area contributed by atoms with E-state index in [-0.39, 0.29) is 0 Å². The van der Waals surface area contributed by atoms with Crippen LogP contribution in [0.4, 0.5) is 0 Å². The maximum atomic E-state index is 5.02. The zero-order valence-electron chi connectivity index (χ0n) is 12.7. The van der Waals surface area contributed by atoms with Crippen LogP contribution in [-0.4, -0.2) is 18.1 Å². The van der Waals surface area contributed by atoms with Crippen LogP contribution in [0.1, 0.15) is 55.8 Å². The highest BCUT2D eigenvalue weighted by Gasteiger charge is 2.19. The molecule has 0 aromatic heterocycles. The SMILES string of the molecule is CCc1ccc2c(c1)C(NCCCNC(C)=S)CCC2. The number of hydrogen-bond acceptors (Lipinski definition) is 2. The highest BCUT2D eigenvalue weighted by Crippen LogP contribution is 2.30. The molecule has 1 aromatic carbocycles. The van der Waals surface area contributed by atoms with Crippen LogP contribution in [0, 0.1) is 0 Å². The Morgan fingerprint density at radius 2 is 2.20 bits per heavy atom. The van der Waals surface area contributed by atoms with Gasteiger partial charge >= 0.3 is 0 Å². The summed E-state index contributed by atoms with van der Waals surface area (Å²) in [5, 5.41) is 6.93. The average Bonchev–Trinajstić information content (AvgIpc) is 2.46. The Bertz CT molecular complexity index is 456. The largest absolute Gasteiger partial charge is 0.380 e. The topological polar surface area (TPSA) is 24.1 Å². The van der Waals surface area contributed by atoms with Gasteiger partial charge in [0.2, 0.25) is 0 Å². The second-order valence-electron chi connectivity index (χ2n) is 5.62. The Hall–Kier alpha value is -0.930. The fourth-order valence-electron chi connectivity index (χ4n) is 2.91. The molecule has 0 heterocycles. The number of thiocarbonyl (C=S) groups is 1. The summed E-state index contributed by atoms with van der Waals surface area (Å²) < 4.78 is 0. The number of benzene rings is 1. The van der Waals surface area contributed by atoms with Gasteiger partial charge in [-0.15, -0.1) is 0 Å². The summed E-state index contributed by atoms with van der Waals surface area (Å²) in [6.45, 7) is 6.19. The Kier molecular flexibility index (Phi) is 5.99. The first-order valence-electron chi connectivity index (χ1n) is 7.80. The van der Waals surface area contributed by atoms with Crippen LogP contribution < -0.4 is 10.6 Å². The molecule has 20 heavy (non-hydrogen) atoms. The molecule has 110 valence electrons. The lowest BCUT2D eigenvalue weighted by Gasteiger charge is -2.27. The van der Waals surface area contributed by atoms with Crippen molar-refractivity contribution in [3.05, 3.63) is 34.9 Å². The molecule has 1 atom stereocenters. The van der Waals surface area contributed by atoms with Gasteiger partial charge in [0, 0.05) is 12.6 Å². The van der Waals surface area contributed by atoms with Gasteiger partial charge in [-0.2, -0.15) is 0 Å². The van der Waals surface area contributed by atoms with Crippen LogP contribution in [0.5, 0.6) is 0 Å². The first-order chi connectivity index (χ1) is 9.70. The molecule has 2 N–H and O–H groups in total. The predicted molar refractivity (Wildman–Crippen MR) is 90.4 cm³/mol. The maximum absolute atomic E-state index is 5.02. The Morgan fingerprint density at radius 3 is 2.95 bits per heavy atom. The molecule has 0 fully saturated rings. The zero-order chi connectivity index (χ0) is 14.4. The van der Waals surface area contributed by atoms with Gasteiger partial charge in [0.1, 0.15) is 0 Å². The van der Waals surface area contributed by atoms with E-state index in [2.05, 4.69) is 35.8 Å². The standard InChI is InChI=1S/C17H26N2S/c1-3-14-8-9-15-6-4-7-17(16(15)12-14)19-11-5-10-18-13(2)20/h8-9,12,17,19H,3-7,10-11H2,1-2H3,(H,18,20). The number of nitrogens with one attached hydrogen (secondary N) is 2. The minimum Gasteiger partial charge on any atom is -0.380 e. The van der Waals surface area contributed by atoms with Gasteiger partial charge in [0.15, 0.2) is 0 Å². The molecule has 1 aliphatic rings. The third kappa shape index (κ3) is 4.29. The van der Waals surface area contributed by atoms with Crippen molar-refractivity contribution in [3.63, 3.8) is 0 Å². The molecule has 0 saturated heterocycles. The van der Waals surface area contributed by atoms with Crippen molar-refractivity contribution in [2.45, 2.75) is 52.0 Å². The summed E-state index contributed by atoms with van der Waals surface area (Å²) in [7, 11) is 0. The van der Waals surface area contributed by atoms with Crippen LogP contribution >= 0.6 is 12.2 Å². The van der Waals surface area contributed by atoms with Gasteiger partial charge < -0.3 is 10.6 Å². The van der Waals surface area contributed by atoms with Crippen LogP contribution in [-0.2, 0) is 12.8 Å². The predicted octanol–water partition coefficient (Wildman–Crippen LogP) is 3.54. The Morgan fingerprint density at radius 1 is 1.35 bits per heavy atom. The molecule has 0 bridgehead atoms. The summed E-state index contributed by atoms with van der Waals surface area (Å²) >= 11 is 5.02. The molecule has 2 rings (SSSR count). The molecular formula is C17H26N2S. The second kappa shape index (κ2) is 7.75. The van der Waals surface area contributed by atoms with Crippen molar-refractivity contribution in [1.29, 1.82) is 0 Å². The van der Waals surface area contributed by atoms with E-state index in [9.17, 15) is 0 Å². The lowest BCUT2D eigenvalue weighted by Crippen LogP contribution is -2.29. The van der Waals surface area contributed by atoms with E-state index in [1.165, 1.54) is 30.4 Å². The van der Waals surface area contributed by atoms with E-state index in [0.29, 0.717) is 6.04 Å². The minimum absolute atomic E-state index is 0.541. The van der Waals surface area contributed by atoms with Gasteiger partial charge in [-0.3, -0.25) is 0 Å². The molecule has 0 aliphatic heterocycles. The van der Waals surface area contributed by atoms with Gasteiger partial charge in [-0.05, 0) is 62.3 Å². The van der Waals surface area contributed by atoms with Gasteiger partial charge in [0.25, 0.3) is 0 Å². The molecule has 0 radical (unpaired) electrons. The monoisotopic (exact) mass is 290 g/mol. The molecule has 2 nitrogen and oxygen atoms in total. The van der Waals surface area contributed by atoms with Crippen molar-refractivity contribution in [1.82, 2.24) is 10.6 Å². The molecule has 0 spiro atoms. The van der Waals surface area contributed by atoms with Crippen molar-refractivity contribution in [2.24, 2.45) is 0 Å². The van der Waals surface area contributed by atoms with Gasteiger partial charge in [-0.1, -0.05) is 37.3 Å². The molecule has 1 aliphatic carbocycles. The molecule has 0 amide bonds. The maximum Gasteiger partial charge on any atom is 0.0721 e. The average molecular weight is 290 g/mol. The lowest BCUT2D eigenvalue weighted by molar-refractivity contribution is 0.455. The van der Waals surface area contributed by atoms with Gasteiger partial charge in [-0.25, -0.2) is 0 Å². The van der Waals surface area contributed by atoms with Crippen molar-refractivity contribution < 1.29 is 0 Å². The molecule has 1 aromatic rings. The van der Waals surface area contributed by atoms with E-state index in [4.69, 9.17) is 12.2 Å². The van der Waals surface area contributed by atoms with E-state index in [1.807, 2.05) is 6.92 Å². The van der Waals surface area contributed by atoms with E-state index < -0.39 is 0 Å². The quantitative estimate of drug-likeness (QED) is 0.619. The van der Waals surface area contributed by atoms with Crippen molar-refractivity contribution in [2.75, 3.05) is 13.1 Å². The van der Waals surface area contributed by atoms with E-state index >= 15 is 0 Å². The fraction of sp³-hybridized carbons (Fsp3) is 0.588. The third-order valence-corrected chi connectivity index (χ3v) is 4.20. The summed E-state index contributed by atoms with van der Waals surface area (Å²) in [5.74, 6) is 0. The normalized spacial score (nSPS) is 17.6. The van der Waals surface area contributed by atoms with Gasteiger partial charge in [0.05, 0.1) is 4.99 Å². The summed E-state index contributed by atoms with van der Waals surface area (Å²) in [6, 6.07) is 7.57. The van der Waals surface area contributed by atoms with Crippen LogP contribution in [0.2, 0.25) is 0 Å². The Balaban J connectivity index is 1.89. The number of hydrogen-bond donors (Lipinski definition) is 2. The second-order valence-corrected chi connectivity index (χ2v) is 6.23.